The lowest BCUT2D eigenvalue weighted by Gasteiger charge is -2.20. The number of hydrogen-bond donors (Lipinski definition) is 1. The zero-order valence-corrected chi connectivity index (χ0v) is 16.2. The first-order chi connectivity index (χ1) is 13.3. The Kier molecular flexibility index (Phi) is 6.15. The lowest BCUT2D eigenvalue weighted by atomic mass is 9.89. The van der Waals surface area contributed by atoms with E-state index in [0.717, 1.165) is 37.4 Å². The van der Waals surface area contributed by atoms with Gasteiger partial charge in [0, 0.05) is 37.0 Å². The Morgan fingerprint density at radius 3 is 2.30 bits per heavy atom. The number of benzene rings is 1. The molecule has 1 aliphatic heterocycles. The van der Waals surface area contributed by atoms with Crippen molar-refractivity contribution < 1.29 is 5.11 Å². The van der Waals surface area contributed by atoms with Gasteiger partial charge in [-0.05, 0) is 49.3 Å². The van der Waals surface area contributed by atoms with Crippen molar-refractivity contribution in [2.75, 3.05) is 13.1 Å². The van der Waals surface area contributed by atoms with Crippen molar-refractivity contribution in [3.63, 3.8) is 0 Å². The number of nitrogens with zero attached hydrogens (tertiary/aromatic N) is 3. The zero-order valence-electron chi connectivity index (χ0n) is 16.2. The highest BCUT2D eigenvalue weighted by atomic mass is 16.3. The smallest absolute Gasteiger partial charge is 0.131 e. The van der Waals surface area contributed by atoms with Crippen LogP contribution >= 0.6 is 0 Å². The summed E-state index contributed by atoms with van der Waals surface area (Å²) in [4.78, 5) is 11.9. The van der Waals surface area contributed by atoms with Crippen LogP contribution in [0.25, 0.3) is 0 Å². The van der Waals surface area contributed by atoms with Gasteiger partial charge >= 0.3 is 0 Å². The van der Waals surface area contributed by atoms with Gasteiger partial charge < -0.3 is 5.11 Å². The minimum atomic E-state index is 0.124. The van der Waals surface area contributed by atoms with Gasteiger partial charge in [-0.2, -0.15) is 0 Å². The predicted octanol–water partition coefficient (Wildman–Crippen LogP) is 4.08. The van der Waals surface area contributed by atoms with E-state index in [9.17, 15) is 0 Å². The third kappa shape index (κ3) is 4.94. The first-order valence-corrected chi connectivity index (χ1v) is 10.5. The quantitative estimate of drug-likeness (QED) is 0.838. The molecule has 1 aromatic carbocycles. The lowest BCUT2D eigenvalue weighted by molar-refractivity contribution is 0.282. The normalized spacial score (nSPS) is 21.6. The fraction of sp³-hybridized carbons (Fsp3) is 0.565. The van der Waals surface area contributed by atoms with Crippen LogP contribution < -0.4 is 0 Å². The molecule has 1 atom stereocenters. The Hall–Kier alpha value is -1.78. The minimum Gasteiger partial charge on any atom is -0.392 e. The van der Waals surface area contributed by atoms with Gasteiger partial charge in [-0.15, -0.1) is 0 Å². The molecule has 0 radical (unpaired) electrons. The van der Waals surface area contributed by atoms with Gasteiger partial charge in [-0.3, -0.25) is 4.90 Å². The standard InChI is InChI=1S/C23H31N3O/c27-17-19-8-6-18(7-9-19)12-20-10-11-26(15-20)16-21-13-24-23(25-14-21)22-4-2-1-3-5-22/h6-9,13-14,20,22,27H,1-5,10-12,15-17H2/t20-/m1/s1. The van der Waals surface area contributed by atoms with Crippen molar-refractivity contribution in [1.29, 1.82) is 0 Å². The fourth-order valence-corrected chi connectivity index (χ4v) is 4.61. The summed E-state index contributed by atoms with van der Waals surface area (Å²) in [6.07, 6.45) is 13.0. The van der Waals surface area contributed by atoms with Crippen molar-refractivity contribution >= 4 is 0 Å². The molecule has 0 bridgehead atoms. The van der Waals surface area contributed by atoms with Crippen LogP contribution in [0.3, 0.4) is 0 Å². The Morgan fingerprint density at radius 2 is 1.59 bits per heavy atom. The zero-order chi connectivity index (χ0) is 18.5. The summed E-state index contributed by atoms with van der Waals surface area (Å²) in [5.74, 6) is 2.36. The highest BCUT2D eigenvalue weighted by Crippen LogP contribution is 2.30. The molecule has 1 saturated heterocycles. The summed E-state index contributed by atoms with van der Waals surface area (Å²) in [5.41, 5.74) is 3.60. The molecule has 2 heterocycles. The van der Waals surface area contributed by atoms with Gasteiger partial charge in [0.05, 0.1) is 6.61 Å². The van der Waals surface area contributed by atoms with Crippen LogP contribution in [0.1, 0.15) is 67.0 Å². The van der Waals surface area contributed by atoms with E-state index in [-0.39, 0.29) is 6.61 Å². The van der Waals surface area contributed by atoms with Crippen LogP contribution in [0.4, 0.5) is 0 Å². The van der Waals surface area contributed by atoms with E-state index >= 15 is 0 Å². The van der Waals surface area contributed by atoms with E-state index in [1.54, 1.807) is 0 Å². The van der Waals surface area contributed by atoms with Crippen molar-refractivity contribution in [3.05, 3.63) is 59.2 Å². The predicted molar refractivity (Wildman–Crippen MR) is 107 cm³/mol. The number of hydrogen-bond acceptors (Lipinski definition) is 4. The van der Waals surface area contributed by atoms with Crippen molar-refractivity contribution in [1.82, 2.24) is 14.9 Å². The van der Waals surface area contributed by atoms with E-state index in [1.807, 2.05) is 12.1 Å². The van der Waals surface area contributed by atoms with Gasteiger partial charge in [0.1, 0.15) is 5.82 Å². The highest BCUT2D eigenvalue weighted by molar-refractivity contribution is 5.22. The summed E-state index contributed by atoms with van der Waals surface area (Å²) >= 11 is 0. The van der Waals surface area contributed by atoms with Crippen LogP contribution in [-0.2, 0) is 19.6 Å². The number of aliphatic hydroxyl groups excluding tert-OH is 1. The maximum Gasteiger partial charge on any atom is 0.131 e. The minimum absolute atomic E-state index is 0.124. The third-order valence-corrected chi connectivity index (χ3v) is 6.20. The van der Waals surface area contributed by atoms with Crippen LogP contribution in [0.5, 0.6) is 0 Å². The molecule has 4 heteroatoms. The molecule has 1 saturated carbocycles. The average molecular weight is 366 g/mol. The van der Waals surface area contributed by atoms with Gasteiger partial charge in [-0.25, -0.2) is 9.97 Å². The molecule has 4 rings (SSSR count). The SMILES string of the molecule is OCc1ccc(C[C@H]2CCN(Cc3cnc(C4CCCCC4)nc3)C2)cc1. The van der Waals surface area contributed by atoms with Crippen LogP contribution in [-0.4, -0.2) is 33.1 Å². The molecule has 1 aromatic heterocycles. The van der Waals surface area contributed by atoms with E-state index in [0.29, 0.717) is 11.8 Å². The summed E-state index contributed by atoms with van der Waals surface area (Å²) in [6, 6.07) is 8.39. The molecule has 4 nitrogen and oxygen atoms in total. The molecule has 1 aliphatic carbocycles. The lowest BCUT2D eigenvalue weighted by Crippen LogP contribution is -2.21. The average Bonchev–Trinajstić information content (AvgIpc) is 3.16. The number of aliphatic hydroxyl groups is 1. The molecule has 144 valence electrons. The second-order valence-corrected chi connectivity index (χ2v) is 8.35. The Balaban J connectivity index is 1.27. The maximum absolute atomic E-state index is 9.16. The molecule has 2 aliphatic rings. The molecule has 1 N–H and O–H groups in total. The molecular weight excluding hydrogens is 334 g/mol. The molecule has 2 aromatic rings. The molecule has 0 unspecified atom stereocenters. The second-order valence-electron chi connectivity index (χ2n) is 8.35. The number of rotatable bonds is 6. The van der Waals surface area contributed by atoms with Gasteiger partial charge in [0.2, 0.25) is 0 Å². The second kappa shape index (κ2) is 8.94. The number of aromatic nitrogens is 2. The largest absolute Gasteiger partial charge is 0.392 e. The van der Waals surface area contributed by atoms with Crippen molar-refractivity contribution in [2.45, 2.75) is 64.0 Å². The van der Waals surface area contributed by atoms with Gasteiger partial charge in [0.25, 0.3) is 0 Å². The van der Waals surface area contributed by atoms with Gasteiger partial charge in [0.15, 0.2) is 0 Å². The molecule has 0 spiro atoms. The first-order valence-electron chi connectivity index (χ1n) is 10.5. The van der Waals surface area contributed by atoms with E-state index in [2.05, 4.69) is 39.4 Å². The van der Waals surface area contributed by atoms with Crippen LogP contribution in [0.2, 0.25) is 0 Å². The molecule has 27 heavy (non-hydrogen) atoms. The van der Waals surface area contributed by atoms with Gasteiger partial charge in [-0.1, -0.05) is 43.5 Å². The van der Waals surface area contributed by atoms with E-state index < -0.39 is 0 Å². The topological polar surface area (TPSA) is 49.2 Å². The van der Waals surface area contributed by atoms with Crippen molar-refractivity contribution in [2.24, 2.45) is 5.92 Å². The van der Waals surface area contributed by atoms with Crippen LogP contribution in [0, 0.1) is 5.92 Å². The monoisotopic (exact) mass is 365 g/mol. The first kappa shape index (κ1) is 18.6. The maximum atomic E-state index is 9.16. The highest BCUT2D eigenvalue weighted by Gasteiger charge is 2.23. The molecule has 2 fully saturated rings. The number of likely N-dealkylation sites (tertiary alicyclic amines) is 1. The summed E-state index contributed by atoms with van der Waals surface area (Å²) in [7, 11) is 0. The summed E-state index contributed by atoms with van der Waals surface area (Å²) < 4.78 is 0. The fourth-order valence-electron chi connectivity index (χ4n) is 4.61. The van der Waals surface area contributed by atoms with Crippen LogP contribution in [0.15, 0.2) is 36.7 Å². The molecular formula is C23H31N3O. The Morgan fingerprint density at radius 1 is 0.889 bits per heavy atom. The summed E-state index contributed by atoms with van der Waals surface area (Å²) in [6.45, 7) is 3.39. The van der Waals surface area contributed by atoms with Crippen molar-refractivity contribution in [3.8, 4) is 0 Å². The molecule has 0 amide bonds. The van der Waals surface area contributed by atoms with E-state index in [4.69, 9.17) is 5.11 Å². The Bertz CT molecular complexity index is 707. The summed E-state index contributed by atoms with van der Waals surface area (Å²) in [5, 5.41) is 9.16. The van der Waals surface area contributed by atoms with E-state index in [1.165, 1.54) is 49.7 Å². The third-order valence-electron chi connectivity index (χ3n) is 6.20. The Labute approximate surface area is 162 Å².